The molecule has 0 saturated carbocycles. The van der Waals surface area contributed by atoms with Gasteiger partial charge in [0.1, 0.15) is 17.9 Å². The number of aryl methyl sites for hydroxylation is 2. The van der Waals surface area contributed by atoms with E-state index in [0.29, 0.717) is 5.92 Å². The Labute approximate surface area is 191 Å². The summed E-state index contributed by atoms with van der Waals surface area (Å²) in [5.41, 5.74) is 6.79. The highest BCUT2D eigenvalue weighted by atomic mass is 35.5. The smallest absolute Gasteiger partial charge is 0.130 e. The molecular weight excluding hydrogens is 406 g/mol. The number of benzene rings is 3. The standard InChI is InChI=1S/C27H31NO2.ClH/c1-19(27(30)22-14-16-23(29)17-15-22)28-18-6-11-26-24-9-4-2-7-20(24)12-13-21-8-3-5-10-25(21)26;/h2-5,7-10,14-17,19,26-30H,6,11-13,18H2,1H3;1H. The lowest BCUT2D eigenvalue weighted by Gasteiger charge is -2.21. The van der Waals surface area contributed by atoms with Crippen molar-refractivity contribution < 1.29 is 27.9 Å². The van der Waals surface area contributed by atoms with Gasteiger partial charge >= 0.3 is 0 Å². The van der Waals surface area contributed by atoms with Gasteiger partial charge < -0.3 is 27.9 Å². The lowest BCUT2D eigenvalue weighted by molar-refractivity contribution is -0.694. The van der Waals surface area contributed by atoms with Crippen molar-refractivity contribution in [2.75, 3.05) is 6.54 Å². The van der Waals surface area contributed by atoms with Crippen LogP contribution in [0.5, 0.6) is 5.75 Å². The molecule has 0 saturated heterocycles. The van der Waals surface area contributed by atoms with Gasteiger partial charge in [-0.3, -0.25) is 0 Å². The van der Waals surface area contributed by atoms with Gasteiger partial charge in [-0.25, -0.2) is 0 Å². The quantitative estimate of drug-likeness (QED) is 0.485. The zero-order chi connectivity index (χ0) is 20.9. The first-order valence-corrected chi connectivity index (χ1v) is 11.1. The Morgan fingerprint density at radius 2 is 1.42 bits per heavy atom. The van der Waals surface area contributed by atoms with E-state index < -0.39 is 6.10 Å². The van der Waals surface area contributed by atoms with Gasteiger partial charge in [-0.1, -0.05) is 60.7 Å². The second-order valence-electron chi connectivity index (χ2n) is 8.51. The van der Waals surface area contributed by atoms with E-state index in [1.54, 1.807) is 24.3 Å². The van der Waals surface area contributed by atoms with Crippen molar-refractivity contribution in [1.29, 1.82) is 0 Å². The number of phenolic OH excluding ortho intramolecular Hbond substituents is 1. The molecular formula is C27H32ClNO2. The van der Waals surface area contributed by atoms with Crippen LogP contribution >= 0.6 is 0 Å². The molecule has 164 valence electrons. The maximum atomic E-state index is 10.6. The van der Waals surface area contributed by atoms with Gasteiger partial charge in [-0.2, -0.15) is 0 Å². The van der Waals surface area contributed by atoms with Crippen LogP contribution in [0.4, 0.5) is 0 Å². The minimum absolute atomic E-state index is 0. The van der Waals surface area contributed by atoms with E-state index in [9.17, 15) is 10.2 Å². The van der Waals surface area contributed by atoms with Gasteiger partial charge in [0.05, 0.1) is 6.54 Å². The first kappa shape index (κ1) is 23.3. The lowest BCUT2D eigenvalue weighted by Crippen LogP contribution is -3.00. The molecule has 31 heavy (non-hydrogen) atoms. The predicted octanol–water partition coefficient (Wildman–Crippen LogP) is 1.09. The molecule has 3 aromatic carbocycles. The first-order valence-electron chi connectivity index (χ1n) is 11.1. The molecule has 0 aromatic heterocycles. The van der Waals surface area contributed by atoms with Crippen LogP contribution in [0, 0.1) is 0 Å². The highest BCUT2D eigenvalue weighted by Crippen LogP contribution is 2.36. The van der Waals surface area contributed by atoms with Gasteiger partial charge in [0.2, 0.25) is 0 Å². The summed E-state index contributed by atoms with van der Waals surface area (Å²) in [6.45, 7) is 3.05. The Hall–Kier alpha value is -2.33. The largest absolute Gasteiger partial charge is 1.00 e. The van der Waals surface area contributed by atoms with E-state index in [1.807, 2.05) is 0 Å². The summed E-state index contributed by atoms with van der Waals surface area (Å²) in [5.74, 6) is 0.678. The molecule has 0 heterocycles. The van der Waals surface area contributed by atoms with E-state index in [-0.39, 0.29) is 24.2 Å². The number of nitrogens with two attached hydrogens (primary N) is 1. The monoisotopic (exact) mass is 437 g/mol. The molecule has 3 nitrogen and oxygen atoms in total. The number of halogens is 1. The van der Waals surface area contributed by atoms with Crippen LogP contribution in [0.1, 0.15) is 59.6 Å². The Morgan fingerprint density at radius 1 is 0.871 bits per heavy atom. The molecule has 4 N–H and O–H groups in total. The van der Waals surface area contributed by atoms with Crippen molar-refractivity contribution in [2.45, 2.75) is 50.7 Å². The second kappa shape index (κ2) is 10.8. The Kier molecular flexibility index (Phi) is 8.14. The van der Waals surface area contributed by atoms with Crippen molar-refractivity contribution in [2.24, 2.45) is 0 Å². The van der Waals surface area contributed by atoms with Crippen LogP contribution in [-0.4, -0.2) is 22.8 Å². The van der Waals surface area contributed by atoms with Crippen molar-refractivity contribution in [3.05, 3.63) is 101 Å². The van der Waals surface area contributed by atoms with Gasteiger partial charge in [0, 0.05) is 5.92 Å². The summed E-state index contributed by atoms with van der Waals surface area (Å²) >= 11 is 0. The van der Waals surface area contributed by atoms with Crippen LogP contribution in [-0.2, 0) is 12.8 Å². The van der Waals surface area contributed by atoms with Crippen LogP contribution in [0.25, 0.3) is 0 Å². The molecule has 4 rings (SSSR count). The summed E-state index contributed by atoms with van der Waals surface area (Å²) in [7, 11) is 0. The van der Waals surface area contributed by atoms with Crippen LogP contribution in [0.15, 0.2) is 72.8 Å². The number of hydrogen-bond donors (Lipinski definition) is 3. The summed E-state index contributed by atoms with van der Waals surface area (Å²) in [6.07, 6.45) is 3.91. The zero-order valence-electron chi connectivity index (χ0n) is 18.0. The fraction of sp³-hybridized carbons (Fsp3) is 0.333. The van der Waals surface area contributed by atoms with E-state index >= 15 is 0 Å². The number of rotatable bonds is 7. The Bertz CT molecular complexity index is 925. The van der Waals surface area contributed by atoms with Gasteiger partial charge in [-0.15, -0.1) is 0 Å². The van der Waals surface area contributed by atoms with Crippen LogP contribution in [0.3, 0.4) is 0 Å². The van der Waals surface area contributed by atoms with E-state index in [0.717, 1.165) is 37.8 Å². The minimum Gasteiger partial charge on any atom is -1.00 e. The topological polar surface area (TPSA) is 57.1 Å². The second-order valence-corrected chi connectivity index (χ2v) is 8.51. The van der Waals surface area contributed by atoms with E-state index in [1.165, 1.54) is 22.3 Å². The van der Waals surface area contributed by atoms with Crippen LogP contribution < -0.4 is 17.7 Å². The first-order chi connectivity index (χ1) is 14.6. The molecule has 0 fully saturated rings. The van der Waals surface area contributed by atoms with Gasteiger partial charge in [-0.05, 0) is 72.6 Å². The highest BCUT2D eigenvalue weighted by Gasteiger charge is 2.24. The fourth-order valence-corrected chi connectivity index (χ4v) is 4.76. The van der Waals surface area contributed by atoms with Crippen molar-refractivity contribution in [1.82, 2.24) is 0 Å². The lowest BCUT2D eigenvalue weighted by atomic mass is 9.85. The predicted molar refractivity (Wildman–Crippen MR) is 121 cm³/mol. The minimum atomic E-state index is -0.537. The normalized spacial score (nSPS) is 15.2. The summed E-state index contributed by atoms with van der Waals surface area (Å²) in [6, 6.07) is 24.8. The molecule has 0 bridgehead atoms. The molecule has 0 radical (unpaired) electrons. The average Bonchev–Trinajstić information content (AvgIpc) is 2.94. The average molecular weight is 438 g/mol. The van der Waals surface area contributed by atoms with E-state index in [4.69, 9.17) is 0 Å². The molecule has 2 unspecified atom stereocenters. The molecule has 0 aliphatic heterocycles. The number of aromatic hydroxyl groups is 1. The summed E-state index contributed by atoms with van der Waals surface area (Å²) in [5, 5.41) is 22.3. The van der Waals surface area contributed by atoms with Crippen molar-refractivity contribution >= 4 is 0 Å². The SMILES string of the molecule is CC([NH2+]CCCC1c2ccccc2CCc2ccccc21)C(O)c1ccc(O)cc1.[Cl-]. The summed E-state index contributed by atoms with van der Waals surface area (Å²) in [4.78, 5) is 0. The third-order valence-electron chi connectivity index (χ3n) is 6.49. The third-order valence-corrected chi connectivity index (χ3v) is 6.49. The van der Waals surface area contributed by atoms with E-state index in [2.05, 4.69) is 60.8 Å². The Morgan fingerprint density at radius 3 is 2.00 bits per heavy atom. The molecule has 2 atom stereocenters. The summed E-state index contributed by atoms with van der Waals surface area (Å²) < 4.78 is 0. The van der Waals surface area contributed by atoms with Crippen molar-refractivity contribution in [3.8, 4) is 5.75 Å². The number of quaternary nitrogens is 1. The molecule has 1 aliphatic rings. The maximum absolute atomic E-state index is 10.6. The molecule has 3 aromatic rings. The molecule has 1 aliphatic carbocycles. The number of aliphatic hydroxyl groups excluding tert-OH is 1. The maximum Gasteiger partial charge on any atom is 0.130 e. The fourth-order valence-electron chi connectivity index (χ4n) is 4.76. The Balaban J connectivity index is 0.00000272. The zero-order valence-corrected chi connectivity index (χ0v) is 18.8. The number of aliphatic hydroxyl groups is 1. The highest BCUT2D eigenvalue weighted by molar-refractivity contribution is 5.44. The van der Waals surface area contributed by atoms with Gasteiger partial charge in [0.25, 0.3) is 0 Å². The van der Waals surface area contributed by atoms with Gasteiger partial charge in [0.15, 0.2) is 0 Å². The number of phenols is 1. The number of hydrogen-bond acceptors (Lipinski definition) is 2. The third kappa shape index (κ3) is 5.48. The molecule has 0 spiro atoms. The molecule has 0 amide bonds. The molecule has 4 heteroatoms. The van der Waals surface area contributed by atoms with Crippen molar-refractivity contribution in [3.63, 3.8) is 0 Å². The van der Waals surface area contributed by atoms with Crippen LogP contribution in [0.2, 0.25) is 0 Å². The number of fused-ring (bicyclic) bond motifs is 2.